The van der Waals surface area contributed by atoms with E-state index in [9.17, 15) is 4.57 Å². The number of aliphatic hydroxyl groups is 2. The summed E-state index contributed by atoms with van der Waals surface area (Å²) in [6.45, 7) is -0.760. The quantitative estimate of drug-likeness (QED) is 0.422. The third-order valence-corrected chi connectivity index (χ3v) is 2.64. The lowest BCUT2D eigenvalue weighted by Crippen LogP contribution is -2.29. The van der Waals surface area contributed by atoms with Crippen molar-refractivity contribution in [1.82, 2.24) is 0 Å². The molecule has 0 fully saturated rings. The molecule has 0 radical (unpaired) electrons. The average molecular weight is 204 g/mol. The number of hydrogen-bond donors (Lipinski definition) is 4. The van der Waals surface area contributed by atoms with Crippen LogP contribution in [0.4, 0.5) is 0 Å². The Hall–Kier alpha value is 0.460. The van der Waals surface area contributed by atoms with Crippen LogP contribution in [0.25, 0.3) is 0 Å². The van der Waals surface area contributed by atoms with Crippen molar-refractivity contribution in [2.75, 3.05) is 6.61 Å². The Morgan fingerprint density at radius 3 is 2.09 bits per heavy atom. The summed E-state index contributed by atoms with van der Waals surface area (Å²) in [6, 6.07) is 0. The van der Waals surface area contributed by atoms with Gasteiger partial charge in [-0.05, 0) is 0 Å². The average Bonchev–Trinajstić information content (AvgIpc) is 1.86. The van der Waals surface area contributed by atoms with Crippen LogP contribution in [0.3, 0.4) is 0 Å². The monoisotopic (exact) mass is 204 g/mol. The van der Waals surface area contributed by atoms with Crippen LogP contribution in [-0.2, 0) is 9.09 Å². The van der Waals surface area contributed by atoms with E-state index in [-0.39, 0.29) is 0 Å². The van der Waals surface area contributed by atoms with Crippen LogP contribution in [0.2, 0.25) is 0 Å². The van der Waals surface area contributed by atoms with Crippen molar-refractivity contribution in [3.63, 3.8) is 0 Å². The van der Waals surface area contributed by atoms with Gasteiger partial charge >= 0.3 is 7.60 Å². The highest BCUT2D eigenvalue weighted by molar-refractivity contribution is 7.52. The van der Waals surface area contributed by atoms with Gasteiger partial charge in [0.2, 0.25) is 0 Å². The summed E-state index contributed by atoms with van der Waals surface area (Å²) in [7, 11) is -2.89. The van der Waals surface area contributed by atoms with E-state index in [1.165, 1.54) is 0 Å². The molecule has 0 bridgehead atoms. The maximum absolute atomic E-state index is 10.4. The van der Waals surface area contributed by atoms with Crippen molar-refractivity contribution < 1.29 is 29.1 Å². The molecular formula is C3H10O6P2. The maximum atomic E-state index is 10.4. The normalized spacial score (nSPS) is 17.9. The zero-order chi connectivity index (χ0) is 9.07. The predicted molar refractivity (Wildman–Crippen MR) is 39.7 cm³/mol. The fourth-order valence-corrected chi connectivity index (χ4v) is 1.84. The molecule has 11 heavy (non-hydrogen) atoms. The third kappa shape index (κ3) is 3.58. The van der Waals surface area contributed by atoms with Crippen LogP contribution in [0, 0.1) is 0 Å². The zero-order valence-electron chi connectivity index (χ0n) is 5.49. The van der Waals surface area contributed by atoms with Gasteiger partial charge < -0.3 is 24.5 Å². The van der Waals surface area contributed by atoms with E-state index >= 15 is 0 Å². The second kappa shape index (κ2) is 4.48. The van der Waals surface area contributed by atoms with Gasteiger partial charge in [-0.3, -0.25) is 4.57 Å². The van der Waals surface area contributed by atoms with E-state index in [0.29, 0.717) is 0 Å². The van der Waals surface area contributed by atoms with E-state index in [1.54, 1.807) is 9.47 Å². The van der Waals surface area contributed by atoms with Gasteiger partial charge in [-0.1, -0.05) is 0 Å². The van der Waals surface area contributed by atoms with Gasteiger partial charge in [-0.2, -0.15) is 0 Å². The Bertz CT molecular complexity index is 154. The zero-order valence-corrected chi connectivity index (χ0v) is 7.54. The molecule has 0 spiro atoms. The van der Waals surface area contributed by atoms with Gasteiger partial charge in [0, 0.05) is 9.47 Å². The minimum atomic E-state index is -4.50. The van der Waals surface area contributed by atoms with Gasteiger partial charge in [0.25, 0.3) is 0 Å². The maximum Gasteiger partial charge on any atom is 0.357 e. The summed E-state index contributed by atoms with van der Waals surface area (Å²) >= 11 is 0. The first-order chi connectivity index (χ1) is 4.93. The van der Waals surface area contributed by atoms with Crippen LogP contribution in [-0.4, -0.2) is 38.6 Å². The van der Waals surface area contributed by atoms with Crippen molar-refractivity contribution in [3.8, 4) is 0 Å². The van der Waals surface area contributed by atoms with Gasteiger partial charge in [0.1, 0.15) is 6.10 Å². The Morgan fingerprint density at radius 2 is 2.00 bits per heavy atom. The molecule has 0 aliphatic carbocycles. The minimum absolute atomic E-state index is 0.760. The van der Waals surface area contributed by atoms with Crippen LogP contribution >= 0.6 is 17.1 Å². The molecule has 0 aromatic heterocycles. The highest BCUT2D eigenvalue weighted by Crippen LogP contribution is 2.44. The largest absolute Gasteiger partial charge is 0.394 e. The highest BCUT2D eigenvalue weighted by Gasteiger charge is 2.35. The molecule has 6 nitrogen and oxygen atoms in total. The molecule has 0 rings (SSSR count). The molecular weight excluding hydrogens is 194 g/mol. The molecule has 4 N–H and O–H groups in total. The lowest BCUT2D eigenvalue weighted by atomic mass is 10.4. The van der Waals surface area contributed by atoms with Crippen LogP contribution in [0.5, 0.6) is 0 Å². The Morgan fingerprint density at radius 1 is 1.55 bits per heavy atom. The third-order valence-electron chi connectivity index (χ3n) is 0.987. The van der Waals surface area contributed by atoms with Gasteiger partial charge in [-0.25, -0.2) is 0 Å². The molecule has 0 amide bonds. The summed E-state index contributed by atoms with van der Waals surface area (Å²) in [5.74, 6) is -1.68. The number of hydrogen-bond acceptors (Lipinski definition) is 4. The number of aliphatic hydroxyl groups excluding tert-OH is 2. The van der Waals surface area contributed by atoms with Gasteiger partial charge in [0.05, 0.1) is 6.61 Å². The van der Waals surface area contributed by atoms with Crippen molar-refractivity contribution in [2.45, 2.75) is 11.9 Å². The molecule has 0 heterocycles. The molecule has 0 saturated carbocycles. The topological polar surface area (TPSA) is 107 Å². The molecule has 3 atom stereocenters. The van der Waals surface area contributed by atoms with Crippen LogP contribution in [0.1, 0.15) is 0 Å². The molecule has 68 valence electrons. The second-order valence-corrected chi connectivity index (χ2v) is 3.82. The lowest BCUT2D eigenvalue weighted by molar-refractivity contribution is 0.0313. The minimum Gasteiger partial charge on any atom is -0.394 e. The molecule has 0 aromatic rings. The molecule has 8 heteroatoms. The van der Waals surface area contributed by atoms with E-state index in [2.05, 4.69) is 4.52 Å². The first-order valence-electron chi connectivity index (χ1n) is 2.63. The van der Waals surface area contributed by atoms with Crippen molar-refractivity contribution in [2.24, 2.45) is 0 Å². The second-order valence-electron chi connectivity index (χ2n) is 1.87. The summed E-state index contributed by atoms with van der Waals surface area (Å²) in [6.07, 6.45) is -1.58. The van der Waals surface area contributed by atoms with Crippen molar-refractivity contribution in [1.29, 1.82) is 0 Å². The molecule has 0 aliphatic rings. The lowest BCUT2D eigenvalue weighted by Gasteiger charge is -2.19. The highest BCUT2D eigenvalue weighted by atomic mass is 31.2. The predicted octanol–water partition coefficient (Wildman–Crippen LogP) is -1.35. The van der Waals surface area contributed by atoms with Crippen LogP contribution in [0.15, 0.2) is 0 Å². The Kier molecular flexibility index (Phi) is 4.66. The molecule has 0 aromatic carbocycles. The van der Waals surface area contributed by atoms with E-state index in [1.807, 2.05) is 0 Å². The Labute approximate surface area is 65.6 Å². The van der Waals surface area contributed by atoms with Crippen molar-refractivity contribution in [3.05, 3.63) is 0 Å². The SMILES string of the molecule is O=P(O)(O)C(OP)C(O)CO. The first kappa shape index (κ1) is 11.5. The van der Waals surface area contributed by atoms with E-state index < -0.39 is 26.2 Å². The van der Waals surface area contributed by atoms with Crippen LogP contribution < -0.4 is 0 Å². The fraction of sp³-hybridized carbons (Fsp3) is 1.00. The summed E-state index contributed by atoms with van der Waals surface area (Å²) < 4.78 is 14.7. The smallest absolute Gasteiger partial charge is 0.357 e. The van der Waals surface area contributed by atoms with Gasteiger partial charge in [-0.15, -0.1) is 0 Å². The van der Waals surface area contributed by atoms with Crippen molar-refractivity contribution >= 4 is 17.1 Å². The molecule has 0 saturated heterocycles. The summed E-state index contributed by atoms with van der Waals surface area (Å²) in [5, 5.41) is 17.1. The standard InChI is InChI=1S/C3H10O6P2/c4-1-2(5)3(9-10)11(6,7)8/h2-5H,1,10H2,(H2,6,7,8). The summed E-state index contributed by atoms with van der Waals surface area (Å²) in [4.78, 5) is 17.0. The first-order valence-corrected chi connectivity index (χ1v) is 4.78. The Balaban J connectivity index is 4.29. The number of rotatable bonds is 4. The van der Waals surface area contributed by atoms with Gasteiger partial charge in [0.15, 0.2) is 5.85 Å². The molecule has 0 aliphatic heterocycles. The summed E-state index contributed by atoms with van der Waals surface area (Å²) in [5.41, 5.74) is 0. The fourth-order valence-electron chi connectivity index (χ4n) is 0.484. The molecule has 3 unspecified atom stereocenters. The van der Waals surface area contributed by atoms with E-state index in [4.69, 9.17) is 20.0 Å². The van der Waals surface area contributed by atoms with E-state index in [0.717, 1.165) is 0 Å².